The van der Waals surface area contributed by atoms with Crippen molar-refractivity contribution in [1.29, 1.82) is 0 Å². The summed E-state index contributed by atoms with van der Waals surface area (Å²) in [4.78, 5) is 4.24. The van der Waals surface area contributed by atoms with Crippen LogP contribution in [0.3, 0.4) is 0 Å². The van der Waals surface area contributed by atoms with Crippen LogP contribution >= 0.6 is 15.9 Å². The van der Waals surface area contributed by atoms with Gasteiger partial charge < -0.3 is 5.32 Å². The van der Waals surface area contributed by atoms with Gasteiger partial charge in [-0.05, 0) is 59.3 Å². The summed E-state index contributed by atoms with van der Waals surface area (Å²) in [5.74, 6) is 0.342. The van der Waals surface area contributed by atoms with Crippen molar-refractivity contribution in [3.05, 3.63) is 28.5 Å². The minimum Gasteiger partial charge on any atom is -0.310 e. The normalized spacial score (nSPS) is 24.7. The van der Waals surface area contributed by atoms with E-state index in [2.05, 4.69) is 39.2 Å². The van der Waals surface area contributed by atoms with E-state index < -0.39 is 9.84 Å². The molecule has 1 aromatic rings. The van der Waals surface area contributed by atoms with Crippen molar-refractivity contribution in [2.45, 2.75) is 43.9 Å². The van der Waals surface area contributed by atoms with Crippen molar-refractivity contribution < 1.29 is 8.42 Å². The van der Waals surface area contributed by atoms with Gasteiger partial charge in [-0.15, -0.1) is 0 Å². The molecule has 0 aromatic carbocycles. The summed E-state index contributed by atoms with van der Waals surface area (Å²) in [5, 5.41) is 3.32. The molecule has 0 aliphatic heterocycles. The van der Waals surface area contributed by atoms with E-state index in [1.807, 2.05) is 6.20 Å². The molecular formula is C15H23BrN2O2S. The molecule has 1 saturated carbocycles. The number of sulfone groups is 1. The second kappa shape index (κ2) is 7.20. The summed E-state index contributed by atoms with van der Waals surface area (Å²) in [5.41, 5.74) is 1.13. The lowest BCUT2D eigenvalue weighted by Gasteiger charge is -2.34. The molecule has 6 heteroatoms. The molecule has 21 heavy (non-hydrogen) atoms. The third-order valence-electron chi connectivity index (χ3n) is 4.25. The average molecular weight is 375 g/mol. The van der Waals surface area contributed by atoms with Crippen LogP contribution in [0.5, 0.6) is 0 Å². The third kappa shape index (κ3) is 4.50. The molecule has 0 saturated heterocycles. The summed E-state index contributed by atoms with van der Waals surface area (Å²) < 4.78 is 24.7. The van der Waals surface area contributed by atoms with Crippen LogP contribution in [0.25, 0.3) is 0 Å². The summed E-state index contributed by atoms with van der Waals surface area (Å²) in [6.45, 7) is 2.94. The maximum absolute atomic E-state index is 11.9. The van der Waals surface area contributed by atoms with Crippen LogP contribution in [0.2, 0.25) is 0 Å². The minimum atomic E-state index is -2.95. The van der Waals surface area contributed by atoms with E-state index >= 15 is 0 Å². The Bertz CT molecular complexity index is 577. The van der Waals surface area contributed by atoms with Crippen LogP contribution in [-0.4, -0.2) is 31.5 Å². The minimum absolute atomic E-state index is 0.171. The van der Waals surface area contributed by atoms with Gasteiger partial charge in [-0.2, -0.15) is 0 Å². The molecule has 0 radical (unpaired) electrons. The van der Waals surface area contributed by atoms with Crippen LogP contribution < -0.4 is 5.32 Å². The van der Waals surface area contributed by atoms with Crippen molar-refractivity contribution in [1.82, 2.24) is 10.3 Å². The van der Waals surface area contributed by atoms with Gasteiger partial charge in [0.15, 0.2) is 0 Å². The number of rotatable bonds is 5. The lowest BCUT2D eigenvalue weighted by atomic mass is 9.81. The fourth-order valence-corrected chi connectivity index (χ4v) is 4.82. The van der Waals surface area contributed by atoms with Gasteiger partial charge in [-0.3, -0.25) is 4.98 Å². The number of pyridine rings is 1. The lowest BCUT2D eigenvalue weighted by molar-refractivity contribution is 0.275. The van der Waals surface area contributed by atoms with E-state index in [0.717, 1.165) is 42.3 Å². The van der Waals surface area contributed by atoms with E-state index in [4.69, 9.17) is 0 Å². The zero-order chi connectivity index (χ0) is 15.5. The molecule has 3 atom stereocenters. The maximum atomic E-state index is 11.9. The summed E-state index contributed by atoms with van der Waals surface area (Å²) in [6, 6.07) is 2.24. The Morgan fingerprint density at radius 2 is 2.19 bits per heavy atom. The Balaban J connectivity index is 2.22. The first-order valence-electron chi connectivity index (χ1n) is 7.44. The maximum Gasteiger partial charge on any atom is 0.150 e. The molecule has 1 heterocycles. The quantitative estimate of drug-likeness (QED) is 0.859. The molecule has 3 unspecified atom stereocenters. The number of hydrogen-bond acceptors (Lipinski definition) is 4. The molecule has 0 spiro atoms. The molecule has 1 N–H and O–H groups in total. The molecule has 0 amide bonds. The Kier molecular flexibility index (Phi) is 5.80. The molecule has 1 fully saturated rings. The fraction of sp³-hybridized carbons (Fsp3) is 0.667. The summed E-state index contributed by atoms with van der Waals surface area (Å²) in [7, 11) is -2.95. The second-order valence-electron chi connectivity index (χ2n) is 5.85. The van der Waals surface area contributed by atoms with Crippen molar-refractivity contribution in [3.63, 3.8) is 0 Å². The number of hydrogen-bond donors (Lipinski definition) is 1. The highest BCUT2D eigenvalue weighted by Crippen LogP contribution is 2.37. The Hall–Kier alpha value is -0.460. The van der Waals surface area contributed by atoms with Gasteiger partial charge in [0.1, 0.15) is 9.84 Å². The van der Waals surface area contributed by atoms with Crippen LogP contribution in [-0.2, 0) is 9.84 Å². The van der Waals surface area contributed by atoms with Crippen LogP contribution in [0, 0.1) is 5.92 Å². The predicted molar refractivity (Wildman–Crippen MR) is 88.9 cm³/mol. The summed E-state index contributed by atoms with van der Waals surface area (Å²) in [6.07, 6.45) is 8.59. The van der Waals surface area contributed by atoms with Crippen LogP contribution in [0.15, 0.2) is 22.9 Å². The molecule has 4 nitrogen and oxygen atoms in total. The monoisotopic (exact) mass is 374 g/mol. The van der Waals surface area contributed by atoms with Crippen molar-refractivity contribution in [3.8, 4) is 0 Å². The van der Waals surface area contributed by atoms with E-state index in [1.54, 1.807) is 6.20 Å². The van der Waals surface area contributed by atoms with Crippen molar-refractivity contribution in [2.75, 3.05) is 12.8 Å². The van der Waals surface area contributed by atoms with E-state index in [1.165, 1.54) is 6.26 Å². The first-order valence-corrected chi connectivity index (χ1v) is 10.2. The zero-order valence-corrected chi connectivity index (χ0v) is 15.0. The predicted octanol–water partition coefficient (Wildman–Crippen LogP) is 3.10. The topological polar surface area (TPSA) is 59.1 Å². The molecule has 2 rings (SSSR count). The van der Waals surface area contributed by atoms with Gasteiger partial charge in [0.2, 0.25) is 0 Å². The highest BCUT2D eigenvalue weighted by molar-refractivity contribution is 9.10. The largest absolute Gasteiger partial charge is 0.310 e. The second-order valence-corrected chi connectivity index (χ2v) is 9.09. The van der Waals surface area contributed by atoms with Gasteiger partial charge in [0.25, 0.3) is 0 Å². The molecule has 1 aliphatic carbocycles. The van der Waals surface area contributed by atoms with E-state index in [9.17, 15) is 8.42 Å². The number of nitrogens with one attached hydrogen (secondary N) is 1. The Morgan fingerprint density at radius 3 is 2.81 bits per heavy atom. The number of halogens is 1. The summed E-state index contributed by atoms with van der Waals surface area (Å²) >= 11 is 3.46. The van der Waals surface area contributed by atoms with Gasteiger partial charge in [-0.1, -0.05) is 13.3 Å². The lowest BCUT2D eigenvalue weighted by Crippen LogP contribution is -2.35. The Labute approximate surface area is 135 Å². The smallest absolute Gasteiger partial charge is 0.150 e. The fourth-order valence-electron chi connectivity index (χ4n) is 3.25. The number of nitrogens with zero attached hydrogens (tertiary/aromatic N) is 1. The average Bonchev–Trinajstić information content (AvgIpc) is 2.44. The van der Waals surface area contributed by atoms with Crippen LogP contribution in [0.1, 0.15) is 44.2 Å². The molecule has 1 aromatic heterocycles. The standard InChI is InChI=1S/C15H23BrN2O2S/c1-3-18-15(12-7-13(16)10-17-9-12)11-5-4-6-14(8-11)21(2,19)20/h7,9-11,14-15,18H,3-6,8H2,1-2H3. The van der Waals surface area contributed by atoms with Gasteiger partial charge >= 0.3 is 0 Å². The number of aromatic nitrogens is 1. The van der Waals surface area contributed by atoms with Crippen molar-refractivity contribution >= 4 is 25.8 Å². The van der Waals surface area contributed by atoms with Crippen LogP contribution in [0.4, 0.5) is 0 Å². The van der Waals surface area contributed by atoms with Gasteiger partial charge in [0, 0.05) is 29.2 Å². The third-order valence-corrected chi connectivity index (χ3v) is 6.33. The highest BCUT2D eigenvalue weighted by atomic mass is 79.9. The van der Waals surface area contributed by atoms with E-state index in [-0.39, 0.29) is 11.3 Å². The van der Waals surface area contributed by atoms with Gasteiger partial charge in [-0.25, -0.2) is 8.42 Å². The molecular weight excluding hydrogens is 352 g/mol. The first-order chi connectivity index (χ1) is 9.91. The molecule has 1 aliphatic rings. The zero-order valence-electron chi connectivity index (χ0n) is 12.5. The highest BCUT2D eigenvalue weighted by Gasteiger charge is 2.33. The Morgan fingerprint density at radius 1 is 1.43 bits per heavy atom. The first kappa shape index (κ1) is 16.9. The molecule has 0 bridgehead atoms. The molecule has 118 valence electrons. The van der Waals surface area contributed by atoms with Gasteiger partial charge in [0.05, 0.1) is 5.25 Å². The SMILES string of the molecule is CCNC(c1cncc(Br)c1)C1CCCC(S(C)(=O)=O)C1. The van der Waals surface area contributed by atoms with E-state index in [0.29, 0.717) is 5.92 Å². The van der Waals surface area contributed by atoms with Crippen molar-refractivity contribution in [2.24, 2.45) is 5.92 Å².